The van der Waals surface area contributed by atoms with Crippen LogP contribution in [-0.4, -0.2) is 37.2 Å². The lowest BCUT2D eigenvalue weighted by atomic mass is 10.1. The first-order valence-corrected chi connectivity index (χ1v) is 23.2. The molecule has 0 fully saturated rings. The van der Waals surface area contributed by atoms with Gasteiger partial charge in [0.05, 0.1) is 0 Å². The van der Waals surface area contributed by atoms with E-state index in [0.29, 0.717) is 19.3 Å². The summed E-state index contributed by atoms with van der Waals surface area (Å²) in [4.78, 5) is 37.7. The number of ether oxygens (including phenoxy) is 3. The van der Waals surface area contributed by atoms with E-state index in [-0.39, 0.29) is 31.6 Å². The lowest BCUT2D eigenvalue weighted by Gasteiger charge is -2.18. The second-order valence-electron chi connectivity index (χ2n) is 14.8. The van der Waals surface area contributed by atoms with E-state index < -0.39 is 12.1 Å². The second kappa shape index (κ2) is 46.5. The number of hydrogen-bond acceptors (Lipinski definition) is 6. The van der Waals surface area contributed by atoms with Crippen LogP contribution in [0.3, 0.4) is 0 Å². The first-order valence-electron chi connectivity index (χ1n) is 23.2. The average Bonchev–Trinajstić information content (AvgIpc) is 3.23. The van der Waals surface area contributed by atoms with Crippen molar-refractivity contribution in [3.63, 3.8) is 0 Å². The second-order valence-corrected chi connectivity index (χ2v) is 14.8. The van der Waals surface area contributed by atoms with Crippen LogP contribution in [0.1, 0.15) is 175 Å². The molecule has 0 heterocycles. The lowest BCUT2D eigenvalue weighted by molar-refractivity contribution is -0.167. The molecule has 1 unspecified atom stereocenters. The van der Waals surface area contributed by atoms with Crippen LogP contribution >= 0.6 is 0 Å². The highest BCUT2D eigenvalue weighted by Crippen LogP contribution is 2.13. The first-order chi connectivity index (χ1) is 29.0. The molecule has 0 radical (unpaired) electrons. The van der Waals surface area contributed by atoms with Crippen molar-refractivity contribution < 1.29 is 28.6 Å². The Hall–Kier alpha value is -4.19. The molecule has 0 amide bonds. The van der Waals surface area contributed by atoms with Crippen molar-refractivity contribution in [2.24, 2.45) is 0 Å². The first kappa shape index (κ1) is 54.8. The number of hydrogen-bond donors (Lipinski definition) is 0. The van der Waals surface area contributed by atoms with Gasteiger partial charge in [0, 0.05) is 19.3 Å². The van der Waals surface area contributed by atoms with Gasteiger partial charge in [-0.25, -0.2) is 0 Å². The zero-order chi connectivity index (χ0) is 43.0. The largest absolute Gasteiger partial charge is 0.462 e. The molecule has 0 N–H and O–H groups in total. The van der Waals surface area contributed by atoms with Crippen molar-refractivity contribution in [3.05, 3.63) is 122 Å². The summed E-state index contributed by atoms with van der Waals surface area (Å²) in [6, 6.07) is 0. The maximum atomic E-state index is 12.7. The quantitative estimate of drug-likeness (QED) is 0.0266. The molecule has 6 nitrogen and oxygen atoms in total. The summed E-state index contributed by atoms with van der Waals surface area (Å²) < 4.78 is 16.6. The number of unbranched alkanes of at least 4 members (excludes halogenated alkanes) is 16. The van der Waals surface area contributed by atoms with Gasteiger partial charge in [0.25, 0.3) is 0 Å². The van der Waals surface area contributed by atoms with Gasteiger partial charge < -0.3 is 14.2 Å². The van der Waals surface area contributed by atoms with Gasteiger partial charge in [-0.2, -0.15) is 0 Å². The van der Waals surface area contributed by atoms with Crippen molar-refractivity contribution >= 4 is 17.9 Å². The van der Waals surface area contributed by atoms with E-state index in [1.807, 2.05) is 91.1 Å². The molecule has 6 heteroatoms. The maximum absolute atomic E-state index is 12.7. The zero-order valence-electron chi connectivity index (χ0n) is 37.5. The highest BCUT2D eigenvalue weighted by molar-refractivity contribution is 5.71. The normalized spacial score (nSPS) is 13.2. The van der Waals surface area contributed by atoms with Crippen LogP contribution in [0.2, 0.25) is 0 Å². The summed E-state index contributed by atoms with van der Waals surface area (Å²) in [5.41, 5.74) is 0. The van der Waals surface area contributed by atoms with Crippen LogP contribution in [0.4, 0.5) is 0 Å². The van der Waals surface area contributed by atoms with Gasteiger partial charge in [-0.1, -0.05) is 226 Å². The van der Waals surface area contributed by atoms with E-state index in [9.17, 15) is 14.4 Å². The van der Waals surface area contributed by atoms with Crippen molar-refractivity contribution in [3.8, 4) is 0 Å². The van der Waals surface area contributed by atoms with E-state index in [1.165, 1.54) is 51.4 Å². The molecule has 0 bridgehead atoms. The van der Waals surface area contributed by atoms with E-state index in [0.717, 1.165) is 77.0 Å². The fourth-order valence-electron chi connectivity index (χ4n) is 5.74. The summed E-state index contributed by atoms with van der Waals surface area (Å²) in [5.74, 6) is -1.03. The van der Waals surface area contributed by atoms with Gasteiger partial charge in [0.15, 0.2) is 6.10 Å². The molecule has 59 heavy (non-hydrogen) atoms. The molecule has 330 valence electrons. The average molecular weight is 815 g/mol. The topological polar surface area (TPSA) is 78.9 Å². The predicted molar refractivity (Wildman–Crippen MR) is 251 cm³/mol. The number of carbonyl (C=O) groups is 3. The van der Waals surface area contributed by atoms with Gasteiger partial charge in [0.1, 0.15) is 13.2 Å². The summed E-state index contributed by atoms with van der Waals surface area (Å²) >= 11 is 0. The highest BCUT2D eigenvalue weighted by atomic mass is 16.6. The molecule has 0 aliphatic rings. The smallest absolute Gasteiger partial charge is 0.306 e. The minimum absolute atomic E-state index is 0.118. The van der Waals surface area contributed by atoms with Gasteiger partial charge in [-0.05, 0) is 51.4 Å². The molecule has 0 rings (SSSR count). The molecule has 0 aromatic carbocycles. The van der Waals surface area contributed by atoms with E-state index in [4.69, 9.17) is 14.2 Å². The molecular formula is C53H82O6. The fourth-order valence-corrected chi connectivity index (χ4v) is 5.74. The number of esters is 3. The molecule has 0 saturated heterocycles. The highest BCUT2D eigenvalue weighted by Gasteiger charge is 2.19. The Morgan fingerprint density at radius 1 is 0.356 bits per heavy atom. The molecule has 0 saturated carbocycles. The number of carbonyl (C=O) groups excluding carboxylic acids is 3. The predicted octanol–water partition coefficient (Wildman–Crippen LogP) is 15.0. The summed E-state index contributed by atoms with van der Waals surface area (Å²) in [7, 11) is 0. The Kier molecular flexibility index (Phi) is 43.2. The van der Waals surface area contributed by atoms with Crippen LogP contribution in [0.15, 0.2) is 122 Å². The summed E-state index contributed by atoms with van der Waals surface area (Å²) in [6.45, 7) is 6.27. The fraction of sp³-hybridized carbons (Fsp3) is 0.566. The summed E-state index contributed by atoms with van der Waals surface area (Å²) in [6.07, 6.45) is 63.2. The standard InChI is InChI=1S/C53H82O6/c1-4-7-10-13-16-19-22-24-25-26-27-28-30-31-34-37-40-43-46-52(55)58-49-50(48-57-51(54)45-42-39-36-33-21-18-15-12-9-6-3)59-53(56)47-44-41-38-35-32-29-23-20-17-14-11-8-5-2/h8,10-11,13-14,16-17,19-20,22-29,32,35,38,50H,4-7,9,12,15,18,21,30-31,33-34,36-37,39-49H2,1-3H3/b11-8-,13-10-,17-14-,19-16-,23-20-,24-22-,26-25-,28-27-,32-29-,38-35-. The van der Waals surface area contributed by atoms with Gasteiger partial charge in [-0.3, -0.25) is 14.4 Å². The molecule has 0 aliphatic carbocycles. The third kappa shape index (κ3) is 44.8. The van der Waals surface area contributed by atoms with Crippen molar-refractivity contribution in [2.75, 3.05) is 13.2 Å². The van der Waals surface area contributed by atoms with Gasteiger partial charge >= 0.3 is 17.9 Å². The summed E-state index contributed by atoms with van der Waals surface area (Å²) in [5, 5.41) is 0. The maximum Gasteiger partial charge on any atom is 0.306 e. The Bertz CT molecular complexity index is 1300. The van der Waals surface area contributed by atoms with Crippen LogP contribution in [0.5, 0.6) is 0 Å². The van der Waals surface area contributed by atoms with Crippen LogP contribution in [0, 0.1) is 0 Å². The third-order valence-corrected chi connectivity index (χ3v) is 9.19. The van der Waals surface area contributed by atoms with E-state index in [1.54, 1.807) is 0 Å². The molecule has 0 spiro atoms. The van der Waals surface area contributed by atoms with Gasteiger partial charge in [0.2, 0.25) is 0 Å². The molecule has 1 atom stereocenters. The zero-order valence-corrected chi connectivity index (χ0v) is 37.5. The number of rotatable bonds is 39. The minimum atomic E-state index is -0.826. The monoisotopic (exact) mass is 815 g/mol. The Morgan fingerprint density at radius 2 is 0.712 bits per heavy atom. The Balaban J connectivity index is 4.55. The number of allylic oxidation sites excluding steroid dienone is 20. The van der Waals surface area contributed by atoms with Crippen molar-refractivity contribution in [1.29, 1.82) is 0 Å². The van der Waals surface area contributed by atoms with E-state index in [2.05, 4.69) is 51.2 Å². The molecular weight excluding hydrogens is 733 g/mol. The molecule has 0 aromatic heterocycles. The Labute approximate surface area is 361 Å². The molecule has 0 aromatic rings. The van der Waals surface area contributed by atoms with Crippen molar-refractivity contribution in [2.45, 2.75) is 181 Å². The van der Waals surface area contributed by atoms with Gasteiger partial charge in [-0.15, -0.1) is 0 Å². The SMILES string of the molecule is CC\C=C/C=C\C=C/C=C\C=C/CCCC(=O)OC(COC(=O)CCCCCCC\C=C/C=C\C=C/C=C\C=C/CCC)COC(=O)CCCCCCCCCCCC. The van der Waals surface area contributed by atoms with E-state index >= 15 is 0 Å². The minimum Gasteiger partial charge on any atom is -0.462 e. The van der Waals surface area contributed by atoms with Crippen LogP contribution in [-0.2, 0) is 28.6 Å². The third-order valence-electron chi connectivity index (χ3n) is 9.19. The van der Waals surface area contributed by atoms with Crippen molar-refractivity contribution in [1.82, 2.24) is 0 Å². The van der Waals surface area contributed by atoms with Crippen LogP contribution in [0.25, 0.3) is 0 Å². The van der Waals surface area contributed by atoms with Crippen LogP contribution < -0.4 is 0 Å². The molecule has 0 aliphatic heterocycles. The Morgan fingerprint density at radius 3 is 1.15 bits per heavy atom. The lowest BCUT2D eigenvalue weighted by Crippen LogP contribution is -2.30.